The van der Waals surface area contributed by atoms with Gasteiger partial charge in [0.05, 0.1) is 24.7 Å². The van der Waals surface area contributed by atoms with Gasteiger partial charge in [0.1, 0.15) is 18.3 Å². The SMILES string of the molecule is C=C1C(=O)O[C@@H]2C=C(CO)CC/C=C(\C)C[C@H](OC(=O)C(=C)[C@H](O)CO)[C@@H]12. The second-order valence-electron chi connectivity index (χ2n) is 6.86. The van der Waals surface area contributed by atoms with Crippen LogP contribution in [0.1, 0.15) is 26.2 Å². The zero-order chi connectivity index (χ0) is 20.1. The molecule has 7 nitrogen and oxygen atoms in total. The number of carbonyl (C=O) groups is 2. The van der Waals surface area contributed by atoms with Crippen LogP contribution in [0.4, 0.5) is 0 Å². The first-order chi connectivity index (χ1) is 12.8. The number of ether oxygens (including phenoxy) is 2. The van der Waals surface area contributed by atoms with Crippen molar-refractivity contribution in [3.8, 4) is 0 Å². The van der Waals surface area contributed by atoms with Gasteiger partial charge < -0.3 is 24.8 Å². The Morgan fingerprint density at radius 3 is 2.78 bits per heavy atom. The molecule has 0 aromatic heterocycles. The second-order valence-corrected chi connectivity index (χ2v) is 6.86. The number of hydrogen-bond donors (Lipinski definition) is 3. The predicted molar refractivity (Wildman–Crippen MR) is 97.4 cm³/mol. The van der Waals surface area contributed by atoms with Gasteiger partial charge in [-0.25, -0.2) is 9.59 Å². The van der Waals surface area contributed by atoms with Crippen molar-refractivity contribution in [3.63, 3.8) is 0 Å². The first-order valence-corrected chi connectivity index (χ1v) is 8.83. The summed E-state index contributed by atoms with van der Waals surface area (Å²) in [4.78, 5) is 24.4. The predicted octanol–water partition coefficient (Wildman–Crippen LogP) is 0.954. The summed E-state index contributed by atoms with van der Waals surface area (Å²) in [5, 5.41) is 28.2. The van der Waals surface area contributed by atoms with Crippen molar-refractivity contribution in [2.45, 2.75) is 44.5 Å². The molecular weight excluding hydrogens is 352 g/mol. The Morgan fingerprint density at radius 2 is 2.15 bits per heavy atom. The van der Waals surface area contributed by atoms with Gasteiger partial charge in [0.15, 0.2) is 0 Å². The fourth-order valence-electron chi connectivity index (χ4n) is 3.23. The monoisotopic (exact) mass is 378 g/mol. The van der Waals surface area contributed by atoms with Crippen LogP contribution in [-0.4, -0.2) is 58.8 Å². The number of rotatable bonds is 5. The summed E-state index contributed by atoms with van der Waals surface area (Å²) in [5.41, 5.74) is 1.60. The minimum atomic E-state index is -1.42. The van der Waals surface area contributed by atoms with Gasteiger partial charge in [0, 0.05) is 12.0 Å². The van der Waals surface area contributed by atoms with Gasteiger partial charge in [-0.1, -0.05) is 24.8 Å². The van der Waals surface area contributed by atoms with E-state index in [0.717, 1.165) is 11.1 Å². The molecule has 1 fully saturated rings. The summed E-state index contributed by atoms with van der Waals surface area (Å²) in [5.74, 6) is -2.05. The van der Waals surface area contributed by atoms with Crippen LogP contribution in [0.2, 0.25) is 0 Å². The van der Waals surface area contributed by atoms with E-state index in [1.54, 1.807) is 6.08 Å². The molecule has 0 saturated carbocycles. The third-order valence-corrected chi connectivity index (χ3v) is 4.84. The van der Waals surface area contributed by atoms with Crippen molar-refractivity contribution in [2.75, 3.05) is 13.2 Å². The van der Waals surface area contributed by atoms with Gasteiger partial charge in [-0.15, -0.1) is 0 Å². The number of aliphatic hydroxyl groups excluding tert-OH is 3. The second kappa shape index (κ2) is 9.12. The summed E-state index contributed by atoms with van der Waals surface area (Å²) < 4.78 is 10.9. The zero-order valence-electron chi connectivity index (χ0n) is 15.4. The lowest BCUT2D eigenvalue weighted by Crippen LogP contribution is -2.35. The molecular formula is C20H26O7. The molecule has 27 heavy (non-hydrogen) atoms. The Morgan fingerprint density at radius 1 is 1.44 bits per heavy atom. The molecule has 4 atom stereocenters. The van der Waals surface area contributed by atoms with Gasteiger partial charge in [0.25, 0.3) is 0 Å². The highest BCUT2D eigenvalue weighted by Gasteiger charge is 2.44. The third kappa shape index (κ3) is 4.94. The molecule has 1 saturated heterocycles. The number of hydrogen-bond acceptors (Lipinski definition) is 7. The molecule has 0 spiro atoms. The fraction of sp³-hybridized carbons (Fsp3) is 0.500. The molecule has 0 aromatic rings. The van der Waals surface area contributed by atoms with E-state index in [9.17, 15) is 19.8 Å². The maximum Gasteiger partial charge on any atom is 0.336 e. The smallest absolute Gasteiger partial charge is 0.336 e. The molecule has 2 aliphatic rings. The van der Waals surface area contributed by atoms with Crippen LogP contribution in [0, 0.1) is 5.92 Å². The van der Waals surface area contributed by atoms with Gasteiger partial charge >= 0.3 is 11.9 Å². The molecule has 2 rings (SSSR count). The van der Waals surface area contributed by atoms with Gasteiger partial charge in [-0.2, -0.15) is 0 Å². The average molecular weight is 378 g/mol. The van der Waals surface area contributed by atoms with Crippen LogP contribution >= 0.6 is 0 Å². The van der Waals surface area contributed by atoms with Crippen molar-refractivity contribution < 1.29 is 34.4 Å². The number of carbonyl (C=O) groups excluding carboxylic acids is 2. The summed E-state index contributed by atoms with van der Waals surface area (Å²) in [6.07, 6.45) is 2.46. The van der Waals surface area contributed by atoms with Crippen molar-refractivity contribution in [1.29, 1.82) is 0 Å². The largest absolute Gasteiger partial charge is 0.458 e. The maximum atomic E-state index is 12.3. The quantitative estimate of drug-likeness (QED) is 0.371. The minimum absolute atomic E-state index is 0.163. The summed E-state index contributed by atoms with van der Waals surface area (Å²) in [7, 11) is 0. The number of allylic oxidation sites excluding steroid dienone is 1. The van der Waals surface area contributed by atoms with Crippen molar-refractivity contribution in [1.82, 2.24) is 0 Å². The average Bonchev–Trinajstić information content (AvgIpc) is 2.92. The Balaban J connectivity index is 2.36. The standard InChI is InChI=1S/C20H26O7/c1-11-5-4-6-14(9-21)8-17-18(13(3)20(25)27-17)16(7-11)26-19(24)12(2)15(23)10-22/h5,8,15-18,21-23H,2-4,6-7,9-10H2,1H3/b11-5+,14-8?/t15-,16+,17-,18-/m1/s1. The van der Waals surface area contributed by atoms with E-state index >= 15 is 0 Å². The Bertz CT molecular complexity index is 688. The number of fused-ring (bicyclic) bond motifs is 1. The molecule has 3 N–H and O–H groups in total. The third-order valence-electron chi connectivity index (χ3n) is 4.84. The summed E-state index contributed by atoms with van der Waals surface area (Å²) in [6, 6.07) is 0. The number of aliphatic hydroxyl groups is 3. The normalized spacial score (nSPS) is 29.0. The Hall–Kier alpha value is -2.22. The van der Waals surface area contributed by atoms with Crippen molar-refractivity contribution >= 4 is 11.9 Å². The van der Waals surface area contributed by atoms with E-state index in [1.807, 2.05) is 13.0 Å². The molecule has 1 aliphatic heterocycles. The lowest BCUT2D eigenvalue weighted by molar-refractivity contribution is -0.148. The molecule has 1 aliphatic carbocycles. The van der Waals surface area contributed by atoms with Crippen LogP contribution < -0.4 is 0 Å². The highest BCUT2D eigenvalue weighted by Crippen LogP contribution is 2.36. The number of esters is 2. The lowest BCUT2D eigenvalue weighted by atomic mass is 9.85. The molecule has 0 bridgehead atoms. The van der Waals surface area contributed by atoms with Crippen LogP contribution in [-0.2, 0) is 19.1 Å². The Labute approximate surface area is 158 Å². The van der Waals surface area contributed by atoms with Gasteiger partial charge in [-0.05, 0) is 31.4 Å². The topological polar surface area (TPSA) is 113 Å². The molecule has 7 heteroatoms. The van der Waals surface area contributed by atoms with E-state index in [2.05, 4.69) is 13.2 Å². The maximum absolute atomic E-state index is 12.3. The first-order valence-electron chi connectivity index (χ1n) is 8.83. The zero-order valence-corrected chi connectivity index (χ0v) is 15.4. The fourth-order valence-corrected chi connectivity index (χ4v) is 3.23. The Kier molecular flexibility index (Phi) is 7.12. The molecule has 0 unspecified atom stereocenters. The van der Waals surface area contributed by atoms with Gasteiger partial charge in [0.2, 0.25) is 0 Å². The molecule has 0 aromatic carbocycles. The van der Waals surface area contributed by atoms with E-state index in [-0.39, 0.29) is 17.8 Å². The molecule has 1 heterocycles. The summed E-state index contributed by atoms with van der Waals surface area (Å²) >= 11 is 0. The van der Waals surface area contributed by atoms with Crippen molar-refractivity contribution in [2.24, 2.45) is 5.92 Å². The van der Waals surface area contributed by atoms with Crippen LogP contribution in [0.3, 0.4) is 0 Å². The first kappa shape index (κ1) is 21.1. The summed E-state index contributed by atoms with van der Waals surface area (Å²) in [6.45, 7) is 8.32. The van der Waals surface area contributed by atoms with E-state index in [0.29, 0.717) is 19.3 Å². The van der Waals surface area contributed by atoms with Crippen molar-refractivity contribution in [3.05, 3.63) is 47.6 Å². The van der Waals surface area contributed by atoms with Crippen LogP contribution in [0.5, 0.6) is 0 Å². The van der Waals surface area contributed by atoms with E-state index < -0.39 is 42.8 Å². The highest BCUT2D eigenvalue weighted by atomic mass is 16.6. The highest BCUT2D eigenvalue weighted by molar-refractivity contribution is 5.92. The minimum Gasteiger partial charge on any atom is -0.458 e. The lowest BCUT2D eigenvalue weighted by Gasteiger charge is -2.28. The van der Waals surface area contributed by atoms with E-state index in [1.165, 1.54) is 0 Å². The molecule has 0 amide bonds. The van der Waals surface area contributed by atoms with Crippen LogP contribution in [0.15, 0.2) is 47.6 Å². The molecule has 148 valence electrons. The van der Waals surface area contributed by atoms with Gasteiger partial charge in [-0.3, -0.25) is 0 Å². The van der Waals surface area contributed by atoms with Crippen LogP contribution in [0.25, 0.3) is 0 Å². The van der Waals surface area contributed by atoms with E-state index in [4.69, 9.17) is 14.6 Å². The molecule has 0 radical (unpaired) electrons.